The highest BCUT2D eigenvalue weighted by atomic mass is 35.5. The molecular formula is C10H8Cl2N2OS. The van der Waals surface area contributed by atoms with E-state index in [1.165, 1.54) is 11.3 Å². The second kappa shape index (κ2) is 5.10. The van der Waals surface area contributed by atoms with E-state index in [0.29, 0.717) is 22.6 Å². The van der Waals surface area contributed by atoms with Gasteiger partial charge in [0.1, 0.15) is 11.8 Å². The zero-order valence-electron chi connectivity index (χ0n) is 8.41. The van der Waals surface area contributed by atoms with Gasteiger partial charge < -0.3 is 4.74 Å². The molecule has 0 aliphatic heterocycles. The minimum absolute atomic E-state index is 0.330. The van der Waals surface area contributed by atoms with Gasteiger partial charge in [0.25, 0.3) is 0 Å². The SMILES string of the molecule is COCc1nc(Cl)cc(-c2sccc2Cl)n1. The molecule has 0 fully saturated rings. The van der Waals surface area contributed by atoms with Crippen molar-refractivity contribution in [2.75, 3.05) is 7.11 Å². The van der Waals surface area contributed by atoms with Gasteiger partial charge in [-0.25, -0.2) is 9.97 Å². The molecule has 3 nitrogen and oxygen atoms in total. The molecule has 2 aromatic heterocycles. The molecule has 0 unspecified atom stereocenters. The van der Waals surface area contributed by atoms with Crippen molar-refractivity contribution in [2.24, 2.45) is 0 Å². The minimum atomic E-state index is 0.330. The minimum Gasteiger partial charge on any atom is -0.377 e. The number of halogens is 2. The van der Waals surface area contributed by atoms with E-state index in [0.717, 1.165) is 10.6 Å². The Morgan fingerprint density at radius 1 is 1.38 bits per heavy atom. The van der Waals surface area contributed by atoms with Crippen LogP contribution in [0.3, 0.4) is 0 Å². The molecule has 16 heavy (non-hydrogen) atoms. The highest BCUT2D eigenvalue weighted by molar-refractivity contribution is 7.14. The maximum atomic E-state index is 6.03. The van der Waals surface area contributed by atoms with Crippen molar-refractivity contribution >= 4 is 34.5 Å². The van der Waals surface area contributed by atoms with Gasteiger partial charge in [-0.15, -0.1) is 11.3 Å². The molecule has 0 spiro atoms. The normalized spacial score (nSPS) is 10.7. The molecule has 84 valence electrons. The van der Waals surface area contributed by atoms with Crippen molar-refractivity contribution < 1.29 is 4.74 Å². The molecule has 0 radical (unpaired) electrons. The number of ether oxygens (including phenoxy) is 1. The van der Waals surface area contributed by atoms with Gasteiger partial charge in [-0.1, -0.05) is 23.2 Å². The van der Waals surface area contributed by atoms with Crippen LogP contribution in [-0.4, -0.2) is 17.1 Å². The summed E-state index contributed by atoms with van der Waals surface area (Å²) in [6, 6.07) is 3.52. The lowest BCUT2D eigenvalue weighted by Gasteiger charge is -2.03. The van der Waals surface area contributed by atoms with E-state index in [-0.39, 0.29) is 0 Å². The van der Waals surface area contributed by atoms with Crippen LogP contribution in [0.4, 0.5) is 0 Å². The first kappa shape index (κ1) is 11.8. The molecule has 0 aliphatic carbocycles. The summed E-state index contributed by atoms with van der Waals surface area (Å²) in [5.41, 5.74) is 0.729. The first-order valence-corrected chi connectivity index (χ1v) is 6.10. The molecular weight excluding hydrogens is 267 g/mol. The summed E-state index contributed by atoms with van der Waals surface area (Å²) < 4.78 is 4.97. The van der Waals surface area contributed by atoms with Crippen molar-refractivity contribution in [1.82, 2.24) is 9.97 Å². The van der Waals surface area contributed by atoms with E-state index in [1.807, 2.05) is 11.4 Å². The molecule has 2 rings (SSSR count). The highest BCUT2D eigenvalue weighted by Crippen LogP contribution is 2.32. The zero-order chi connectivity index (χ0) is 11.5. The fraction of sp³-hybridized carbons (Fsp3) is 0.200. The van der Waals surface area contributed by atoms with Crippen LogP contribution in [-0.2, 0) is 11.3 Å². The van der Waals surface area contributed by atoms with Gasteiger partial charge in [-0.2, -0.15) is 0 Å². The standard InChI is InChI=1S/C10H8Cl2N2OS/c1-15-5-9-13-7(4-8(12)14-9)10-6(11)2-3-16-10/h2-4H,5H2,1H3. The predicted octanol–water partition coefficient (Wildman–Crippen LogP) is 3.66. The monoisotopic (exact) mass is 274 g/mol. The van der Waals surface area contributed by atoms with Gasteiger partial charge in [0.2, 0.25) is 0 Å². The molecule has 6 heteroatoms. The maximum absolute atomic E-state index is 6.03. The number of hydrogen-bond donors (Lipinski definition) is 0. The highest BCUT2D eigenvalue weighted by Gasteiger charge is 2.09. The van der Waals surface area contributed by atoms with Gasteiger partial charge in [-0.05, 0) is 11.4 Å². The van der Waals surface area contributed by atoms with Gasteiger partial charge in [0.15, 0.2) is 5.82 Å². The van der Waals surface area contributed by atoms with Crippen LogP contribution in [0.15, 0.2) is 17.5 Å². The second-order valence-electron chi connectivity index (χ2n) is 3.02. The smallest absolute Gasteiger partial charge is 0.156 e. The van der Waals surface area contributed by atoms with E-state index in [4.69, 9.17) is 27.9 Å². The van der Waals surface area contributed by atoms with E-state index < -0.39 is 0 Å². The topological polar surface area (TPSA) is 35.0 Å². The predicted molar refractivity (Wildman–Crippen MR) is 66.1 cm³/mol. The number of rotatable bonds is 3. The maximum Gasteiger partial charge on any atom is 0.156 e. The summed E-state index contributed by atoms with van der Waals surface area (Å²) >= 11 is 13.5. The quantitative estimate of drug-likeness (QED) is 0.802. The average molecular weight is 275 g/mol. The molecule has 0 amide bonds. The summed E-state index contributed by atoms with van der Waals surface area (Å²) in [6.07, 6.45) is 0. The Kier molecular flexibility index (Phi) is 3.76. The lowest BCUT2D eigenvalue weighted by Crippen LogP contribution is -1.98. The average Bonchev–Trinajstić information content (AvgIpc) is 2.64. The van der Waals surface area contributed by atoms with Crippen molar-refractivity contribution in [3.05, 3.63) is 33.5 Å². The Bertz CT molecular complexity index is 501. The summed E-state index contributed by atoms with van der Waals surface area (Å²) in [5, 5.41) is 2.97. The molecule has 0 saturated carbocycles. The Morgan fingerprint density at radius 3 is 2.81 bits per heavy atom. The Hall–Kier alpha value is -0.680. The summed E-state index contributed by atoms with van der Waals surface area (Å²) in [6.45, 7) is 0.330. The van der Waals surface area contributed by atoms with Gasteiger partial charge in [0, 0.05) is 13.2 Å². The molecule has 2 aromatic rings. The van der Waals surface area contributed by atoms with Crippen molar-refractivity contribution in [3.8, 4) is 10.6 Å². The van der Waals surface area contributed by atoms with Crippen LogP contribution in [0, 0.1) is 0 Å². The number of aromatic nitrogens is 2. The third-order valence-electron chi connectivity index (χ3n) is 1.86. The number of methoxy groups -OCH3 is 1. The Labute approximate surface area is 107 Å². The zero-order valence-corrected chi connectivity index (χ0v) is 10.7. The van der Waals surface area contributed by atoms with Crippen LogP contribution < -0.4 is 0 Å². The van der Waals surface area contributed by atoms with Crippen molar-refractivity contribution in [3.63, 3.8) is 0 Å². The fourth-order valence-corrected chi connectivity index (χ4v) is 2.57. The summed E-state index contributed by atoms with van der Waals surface area (Å²) in [4.78, 5) is 9.28. The lowest BCUT2D eigenvalue weighted by atomic mass is 10.3. The van der Waals surface area contributed by atoms with E-state index in [9.17, 15) is 0 Å². The summed E-state index contributed by atoms with van der Waals surface area (Å²) in [7, 11) is 1.59. The second-order valence-corrected chi connectivity index (χ2v) is 4.73. The van der Waals surface area contributed by atoms with Crippen LogP contribution >= 0.6 is 34.5 Å². The Balaban J connectivity index is 2.45. The largest absolute Gasteiger partial charge is 0.377 e. The molecule has 0 atom stereocenters. The van der Waals surface area contributed by atoms with Crippen LogP contribution in [0.25, 0.3) is 10.6 Å². The molecule has 0 N–H and O–H groups in total. The van der Waals surface area contributed by atoms with Crippen LogP contribution in [0.1, 0.15) is 5.82 Å². The summed E-state index contributed by atoms with van der Waals surface area (Å²) in [5.74, 6) is 0.550. The van der Waals surface area contributed by atoms with E-state index >= 15 is 0 Å². The first-order chi connectivity index (χ1) is 7.70. The fourth-order valence-electron chi connectivity index (χ4n) is 1.25. The van der Waals surface area contributed by atoms with E-state index in [1.54, 1.807) is 13.2 Å². The molecule has 0 aliphatic rings. The number of hydrogen-bond acceptors (Lipinski definition) is 4. The van der Waals surface area contributed by atoms with Crippen LogP contribution in [0.2, 0.25) is 10.2 Å². The van der Waals surface area contributed by atoms with Crippen molar-refractivity contribution in [1.29, 1.82) is 0 Å². The molecule has 0 aromatic carbocycles. The first-order valence-electron chi connectivity index (χ1n) is 4.46. The third-order valence-corrected chi connectivity index (χ3v) is 3.42. The number of thiophene rings is 1. The molecule has 0 bridgehead atoms. The third kappa shape index (κ3) is 2.52. The van der Waals surface area contributed by atoms with Gasteiger partial charge in [0.05, 0.1) is 15.6 Å². The van der Waals surface area contributed by atoms with Crippen LogP contribution in [0.5, 0.6) is 0 Å². The Morgan fingerprint density at radius 2 is 2.19 bits per heavy atom. The number of nitrogens with zero attached hydrogens (tertiary/aromatic N) is 2. The lowest BCUT2D eigenvalue weighted by molar-refractivity contribution is 0.178. The molecule has 0 saturated heterocycles. The van der Waals surface area contributed by atoms with Gasteiger partial charge >= 0.3 is 0 Å². The van der Waals surface area contributed by atoms with Gasteiger partial charge in [-0.3, -0.25) is 0 Å². The molecule has 2 heterocycles. The van der Waals surface area contributed by atoms with E-state index in [2.05, 4.69) is 9.97 Å². The van der Waals surface area contributed by atoms with Crippen molar-refractivity contribution in [2.45, 2.75) is 6.61 Å².